The largest absolute Gasteiger partial charge is 0.385 e. The van der Waals surface area contributed by atoms with Gasteiger partial charge in [-0.05, 0) is 12.8 Å². The van der Waals surface area contributed by atoms with E-state index in [4.69, 9.17) is 4.74 Å². The van der Waals surface area contributed by atoms with Gasteiger partial charge in [-0.2, -0.15) is 0 Å². The summed E-state index contributed by atoms with van der Waals surface area (Å²) in [7, 11) is 1.63. The van der Waals surface area contributed by atoms with Crippen molar-refractivity contribution in [3.05, 3.63) is 0 Å². The first kappa shape index (κ1) is 10.7. The Morgan fingerprint density at radius 2 is 2.27 bits per heavy atom. The predicted molar refractivity (Wildman–Crippen MR) is 43.9 cm³/mol. The van der Waals surface area contributed by atoms with Crippen LogP contribution in [0.4, 0.5) is 0 Å². The number of ether oxygens (including phenoxy) is 1. The van der Waals surface area contributed by atoms with Crippen molar-refractivity contribution >= 4 is 18.8 Å². The van der Waals surface area contributed by atoms with Gasteiger partial charge in [-0.15, -0.1) is 0 Å². The molecule has 0 heterocycles. The Balaban J connectivity index is 3.04. The van der Waals surface area contributed by atoms with Crippen LogP contribution in [-0.4, -0.2) is 19.7 Å². The zero-order valence-electron chi connectivity index (χ0n) is 6.50. The number of carbonyl (C=O) groups excluding carboxylic acids is 1. The molecule has 0 aliphatic rings. The van der Waals surface area contributed by atoms with E-state index < -0.39 is 0 Å². The highest BCUT2D eigenvalue weighted by atomic mass is 32.1. The van der Waals surface area contributed by atoms with Gasteiger partial charge in [0.05, 0.1) is 0 Å². The molecule has 0 aromatic heterocycles. The average molecular weight is 179 g/mol. The third-order valence-corrected chi connectivity index (χ3v) is 1.23. The summed E-state index contributed by atoms with van der Waals surface area (Å²) in [4.78, 5) is 17.0. The Hall–Kier alpha value is -0.260. The van der Waals surface area contributed by atoms with E-state index in [-0.39, 0.29) is 5.97 Å². The summed E-state index contributed by atoms with van der Waals surface area (Å²) >= 11 is 3.51. The zero-order valence-corrected chi connectivity index (χ0v) is 7.39. The molecule has 11 heavy (non-hydrogen) atoms. The third kappa shape index (κ3) is 7.64. The Kier molecular flexibility index (Phi) is 7.66. The minimum absolute atomic E-state index is 0.295. The van der Waals surface area contributed by atoms with Gasteiger partial charge in [-0.1, -0.05) is 17.7 Å². The molecule has 0 amide bonds. The predicted octanol–water partition coefficient (Wildman–Crippen LogP) is 0.696. The lowest BCUT2D eigenvalue weighted by atomic mass is 10.2. The van der Waals surface area contributed by atoms with Crippen molar-refractivity contribution in [2.24, 2.45) is 0 Å². The first-order valence-electron chi connectivity index (χ1n) is 3.39. The zero-order chi connectivity index (χ0) is 8.53. The van der Waals surface area contributed by atoms with Crippen LogP contribution in [-0.2, 0) is 14.4 Å². The summed E-state index contributed by atoms with van der Waals surface area (Å²) in [5, 5.41) is 0. The summed E-state index contributed by atoms with van der Waals surface area (Å²) in [6, 6.07) is 0. The van der Waals surface area contributed by atoms with Gasteiger partial charge in [0.15, 0.2) is 0 Å². The fourth-order valence-electron chi connectivity index (χ4n) is 0.618. The van der Waals surface area contributed by atoms with E-state index in [1.165, 1.54) is 0 Å². The van der Waals surface area contributed by atoms with E-state index in [1.54, 1.807) is 7.11 Å². The molecule has 66 valence electrons. The molecule has 4 nitrogen and oxygen atoms in total. The lowest BCUT2D eigenvalue weighted by molar-refractivity contribution is -0.146. The Morgan fingerprint density at radius 3 is 2.82 bits per heavy atom. The molecule has 0 atom stereocenters. The Morgan fingerprint density at radius 1 is 1.55 bits per heavy atom. The maximum absolute atomic E-state index is 10.6. The number of rotatable bonds is 6. The highest BCUT2D eigenvalue weighted by molar-refractivity contribution is 7.77. The van der Waals surface area contributed by atoms with Crippen molar-refractivity contribution in [2.75, 3.05) is 13.7 Å². The van der Waals surface area contributed by atoms with Gasteiger partial charge >= 0.3 is 5.97 Å². The molecule has 1 N–H and O–H groups in total. The van der Waals surface area contributed by atoms with Crippen LogP contribution in [0.2, 0.25) is 0 Å². The smallest absolute Gasteiger partial charge is 0.325 e. The average Bonchev–Trinajstić information content (AvgIpc) is 1.99. The highest BCUT2D eigenvalue weighted by Gasteiger charge is 2.00. The molecule has 0 unspecified atom stereocenters. The van der Waals surface area contributed by atoms with E-state index in [0.717, 1.165) is 12.8 Å². The third-order valence-electron chi connectivity index (χ3n) is 1.14. The molecule has 0 bridgehead atoms. The topological polar surface area (TPSA) is 47.6 Å². The van der Waals surface area contributed by atoms with E-state index >= 15 is 0 Å². The second-order valence-electron chi connectivity index (χ2n) is 2.02. The van der Waals surface area contributed by atoms with Gasteiger partial charge < -0.3 is 9.57 Å². The number of hydrogen-bond acceptors (Lipinski definition) is 5. The van der Waals surface area contributed by atoms with Crippen LogP contribution in [0.15, 0.2) is 0 Å². The molecule has 0 aliphatic carbocycles. The molecule has 0 aromatic rings. The van der Waals surface area contributed by atoms with Gasteiger partial charge in [0, 0.05) is 20.1 Å². The van der Waals surface area contributed by atoms with Crippen LogP contribution >= 0.6 is 12.8 Å². The summed E-state index contributed by atoms with van der Waals surface area (Å²) in [5.41, 5.74) is 0. The van der Waals surface area contributed by atoms with Crippen molar-refractivity contribution in [1.82, 2.24) is 4.89 Å². The quantitative estimate of drug-likeness (QED) is 0.358. The van der Waals surface area contributed by atoms with Crippen LogP contribution in [0.3, 0.4) is 0 Å². The van der Waals surface area contributed by atoms with Crippen molar-refractivity contribution < 1.29 is 14.4 Å². The number of nitrogens with one attached hydrogen (secondary N) is 1. The van der Waals surface area contributed by atoms with Crippen LogP contribution in [0.25, 0.3) is 0 Å². The molecule has 0 rings (SSSR count). The molecule has 0 aliphatic heterocycles. The van der Waals surface area contributed by atoms with Crippen LogP contribution in [0.5, 0.6) is 0 Å². The fraction of sp³-hybridized carbons (Fsp3) is 0.833. The SMILES string of the molecule is COCCCCC(=O)ONS. The first-order chi connectivity index (χ1) is 5.31. The molecule has 0 saturated heterocycles. The summed E-state index contributed by atoms with van der Waals surface area (Å²) < 4.78 is 4.80. The molecule has 0 spiro atoms. The van der Waals surface area contributed by atoms with Crippen LogP contribution in [0, 0.1) is 0 Å². The monoisotopic (exact) mass is 179 g/mol. The van der Waals surface area contributed by atoms with Gasteiger partial charge in [0.1, 0.15) is 0 Å². The molecule has 5 heteroatoms. The molecule has 0 radical (unpaired) electrons. The van der Waals surface area contributed by atoms with Crippen molar-refractivity contribution in [3.63, 3.8) is 0 Å². The Bertz CT molecular complexity index is 110. The minimum atomic E-state index is -0.295. The normalized spacial score (nSPS) is 9.64. The molecular formula is C6H13NO3S. The van der Waals surface area contributed by atoms with E-state index in [0.29, 0.717) is 13.0 Å². The van der Waals surface area contributed by atoms with Crippen molar-refractivity contribution in [2.45, 2.75) is 19.3 Å². The second kappa shape index (κ2) is 7.84. The van der Waals surface area contributed by atoms with Gasteiger partial charge in [0.25, 0.3) is 0 Å². The lowest BCUT2D eigenvalue weighted by Crippen LogP contribution is -2.10. The minimum Gasteiger partial charge on any atom is -0.385 e. The molecule has 0 aromatic carbocycles. The maximum atomic E-state index is 10.6. The fourth-order valence-corrected chi connectivity index (χ4v) is 0.719. The van der Waals surface area contributed by atoms with Gasteiger partial charge in [0.2, 0.25) is 0 Å². The van der Waals surface area contributed by atoms with Gasteiger partial charge in [-0.3, -0.25) is 4.79 Å². The maximum Gasteiger partial charge on any atom is 0.325 e. The van der Waals surface area contributed by atoms with E-state index in [2.05, 4.69) is 17.7 Å². The van der Waals surface area contributed by atoms with E-state index in [9.17, 15) is 4.79 Å². The van der Waals surface area contributed by atoms with Crippen LogP contribution in [0.1, 0.15) is 19.3 Å². The lowest BCUT2D eigenvalue weighted by Gasteiger charge is -1.99. The summed E-state index contributed by atoms with van der Waals surface area (Å²) in [6.45, 7) is 0.682. The molecule has 0 saturated carbocycles. The van der Waals surface area contributed by atoms with Crippen molar-refractivity contribution in [3.8, 4) is 0 Å². The van der Waals surface area contributed by atoms with Crippen molar-refractivity contribution in [1.29, 1.82) is 0 Å². The number of thiol groups is 1. The number of carbonyl (C=O) groups is 1. The molecular weight excluding hydrogens is 166 g/mol. The number of unbranched alkanes of at least 4 members (excludes halogenated alkanes) is 1. The highest BCUT2D eigenvalue weighted by Crippen LogP contribution is 1.96. The van der Waals surface area contributed by atoms with E-state index in [1.807, 2.05) is 4.89 Å². The van der Waals surface area contributed by atoms with Crippen LogP contribution < -0.4 is 4.89 Å². The summed E-state index contributed by atoms with van der Waals surface area (Å²) in [6.07, 6.45) is 2.05. The second-order valence-corrected chi connectivity index (χ2v) is 2.20. The Labute approximate surface area is 71.7 Å². The number of hydrogen-bond donors (Lipinski definition) is 2. The standard InChI is InChI=1S/C6H13NO3S/c1-9-5-3-2-4-6(8)10-7-11/h7,11H,2-5H2,1H3. The first-order valence-corrected chi connectivity index (χ1v) is 3.83. The molecule has 0 fully saturated rings. The van der Waals surface area contributed by atoms with Gasteiger partial charge in [-0.25, -0.2) is 0 Å². The number of methoxy groups -OCH3 is 1. The summed E-state index contributed by atoms with van der Waals surface area (Å²) in [5.74, 6) is -0.295.